The molecule has 0 atom stereocenters. The first kappa shape index (κ1) is 15.4. The predicted molar refractivity (Wildman–Crippen MR) is 79.8 cm³/mol. The first-order valence-corrected chi connectivity index (χ1v) is 6.94. The number of amides is 1. The SMILES string of the molecule is CCCc1ccc(NC(=O)c2cc(F)c(F)cc2Cl)cc1. The molecule has 0 saturated heterocycles. The molecule has 2 aromatic carbocycles. The van der Waals surface area contributed by atoms with E-state index in [4.69, 9.17) is 11.6 Å². The fraction of sp³-hybridized carbons (Fsp3) is 0.188. The zero-order chi connectivity index (χ0) is 15.4. The average Bonchev–Trinajstić information content (AvgIpc) is 2.45. The molecule has 0 saturated carbocycles. The van der Waals surface area contributed by atoms with Gasteiger partial charge in [0, 0.05) is 5.69 Å². The second-order valence-electron chi connectivity index (χ2n) is 4.65. The predicted octanol–water partition coefficient (Wildman–Crippen LogP) is 4.82. The zero-order valence-corrected chi connectivity index (χ0v) is 12.2. The molecule has 0 aliphatic heterocycles. The van der Waals surface area contributed by atoms with Gasteiger partial charge in [0.05, 0.1) is 10.6 Å². The van der Waals surface area contributed by atoms with E-state index in [2.05, 4.69) is 12.2 Å². The van der Waals surface area contributed by atoms with Crippen LogP contribution in [0.3, 0.4) is 0 Å². The average molecular weight is 310 g/mol. The molecule has 0 aromatic heterocycles. The van der Waals surface area contributed by atoms with E-state index in [0.29, 0.717) is 5.69 Å². The number of nitrogens with one attached hydrogen (secondary N) is 1. The summed E-state index contributed by atoms with van der Waals surface area (Å²) in [4.78, 5) is 12.0. The van der Waals surface area contributed by atoms with E-state index in [-0.39, 0.29) is 10.6 Å². The Labute approximate surface area is 126 Å². The van der Waals surface area contributed by atoms with Crippen LogP contribution in [0.1, 0.15) is 29.3 Å². The molecule has 1 amide bonds. The lowest BCUT2D eigenvalue weighted by atomic mass is 10.1. The van der Waals surface area contributed by atoms with Gasteiger partial charge in [-0.3, -0.25) is 4.79 Å². The molecule has 0 unspecified atom stereocenters. The van der Waals surface area contributed by atoms with Crippen LogP contribution in [0.25, 0.3) is 0 Å². The van der Waals surface area contributed by atoms with Crippen LogP contribution >= 0.6 is 11.6 Å². The molecule has 21 heavy (non-hydrogen) atoms. The van der Waals surface area contributed by atoms with Gasteiger partial charge < -0.3 is 5.32 Å². The van der Waals surface area contributed by atoms with Gasteiger partial charge in [-0.1, -0.05) is 37.1 Å². The third-order valence-corrected chi connectivity index (χ3v) is 3.32. The number of rotatable bonds is 4. The van der Waals surface area contributed by atoms with Crippen LogP contribution in [0, 0.1) is 11.6 Å². The number of hydrogen-bond donors (Lipinski definition) is 1. The van der Waals surface area contributed by atoms with Crippen molar-refractivity contribution >= 4 is 23.2 Å². The normalized spacial score (nSPS) is 10.5. The summed E-state index contributed by atoms with van der Waals surface area (Å²) in [6.45, 7) is 2.08. The van der Waals surface area contributed by atoms with E-state index in [1.54, 1.807) is 12.1 Å². The van der Waals surface area contributed by atoms with Crippen molar-refractivity contribution in [3.63, 3.8) is 0 Å². The van der Waals surface area contributed by atoms with Crippen LogP contribution in [0.15, 0.2) is 36.4 Å². The van der Waals surface area contributed by atoms with E-state index < -0.39 is 17.5 Å². The van der Waals surface area contributed by atoms with Gasteiger partial charge >= 0.3 is 0 Å². The number of halogens is 3. The summed E-state index contributed by atoms with van der Waals surface area (Å²) in [5.74, 6) is -2.77. The Kier molecular flexibility index (Phi) is 4.91. The summed E-state index contributed by atoms with van der Waals surface area (Å²) in [7, 11) is 0. The first-order valence-electron chi connectivity index (χ1n) is 6.56. The molecular weight excluding hydrogens is 296 g/mol. The third-order valence-electron chi connectivity index (χ3n) is 3.01. The highest BCUT2D eigenvalue weighted by Crippen LogP contribution is 2.21. The molecule has 110 valence electrons. The van der Waals surface area contributed by atoms with Crippen LogP contribution in [-0.2, 0) is 6.42 Å². The van der Waals surface area contributed by atoms with E-state index in [1.165, 1.54) is 5.56 Å². The molecule has 2 aromatic rings. The van der Waals surface area contributed by atoms with Gasteiger partial charge in [-0.25, -0.2) is 8.78 Å². The number of benzene rings is 2. The van der Waals surface area contributed by atoms with E-state index >= 15 is 0 Å². The molecule has 0 aliphatic carbocycles. The Hall–Kier alpha value is -1.94. The van der Waals surface area contributed by atoms with Crippen molar-refractivity contribution in [2.45, 2.75) is 19.8 Å². The van der Waals surface area contributed by atoms with Crippen molar-refractivity contribution in [3.05, 3.63) is 64.2 Å². The van der Waals surface area contributed by atoms with Crippen molar-refractivity contribution in [2.75, 3.05) is 5.32 Å². The minimum absolute atomic E-state index is 0.104. The van der Waals surface area contributed by atoms with Crippen LogP contribution in [0.5, 0.6) is 0 Å². The number of hydrogen-bond acceptors (Lipinski definition) is 1. The van der Waals surface area contributed by atoms with E-state index in [9.17, 15) is 13.6 Å². The van der Waals surface area contributed by atoms with Crippen LogP contribution in [-0.4, -0.2) is 5.91 Å². The van der Waals surface area contributed by atoms with Crippen molar-refractivity contribution < 1.29 is 13.6 Å². The maximum Gasteiger partial charge on any atom is 0.257 e. The topological polar surface area (TPSA) is 29.1 Å². The lowest BCUT2D eigenvalue weighted by Crippen LogP contribution is -2.13. The minimum atomic E-state index is -1.11. The lowest BCUT2D eigenvalue weighted by molar-refractivity contribution is 0.102. The second kappa shape index (κ2) is 6.68. The van der Waals surface area contributed by atoms with E-state index in [1.807, 2.05) is 12.1 Å². The van der Waals surface area contributed by atoms with Gasteiger partial charge in [0.15, 0.2) is 11.6 Å². The van der Waals surface area contributed by atoms with Gasteiger partial charge in [-0.2, -0.15) is 0 Å². The molecule has 0 aliphatic rings. The lowest BCUT2D eigenvalue weighted by Gasteiger charge is -2.08. The molecule has 0 radical (unpaired) electrons. The Morgan fingerprint density at radius 2 is 1.76 bits per heavy atom. The Morgan fingerprint density at radius 1 is 1.14 bits per heavy atom. The summed E-state index contributed by atoms with van der Waals surface area (Å²) in [6.07, 6.45) is 2.00. The van der Waals surface area contributed by atoms with E-state index in [0.717, 1.165) is 25.0 Å². The molecule has 1 N–H and O–H groups in total. The number of anilines is 1. The smallest absolute Gasteiger partial charge is 0.257 e. The third kappa shape index (κ3) is 3.79. The standard InChI is InChI=1S/C16H14ClF2NO/c1-2-3-10-4-6-11(7-5-10)20-16(21)12-8-14(18)15(19)9-13(12)17/h4-9H,2-3H2,1H3,(H,20,21). The maximum atomic E-state index is 13.2. The summed E-state index contributed by atoms with van der Waals surface area (Å²) >= 11 is 5.76. The Bertz CT molecular complexity index is 656. The Balaban J connectivity index is 2.16. The molecule has 2 rings (SSSR count). The molecule has 0 heterocycles. The maximum absolute atomic E-state index is 13.2. The Morgan fingerprint density at radius 3 is 2.38 bits per heavy atom. The minimum Gasteiger partial charge on any atom is -0.322 e. The fourth-order valence-electron chi connectivity index (χ4n) is 1.94. The second-order valence-corrected chi connectivity index (χ2v) is 5.05. The fourth-order valence-corrected chi connectivity index (χ4v) is 2.17. The highest BCUT2D eigenvalue weighted by Gasteiger charge is 2.15. The molecule has 0 bridgehead atoms. The highest BCUT2D eigenvalue weighted by molar-refractivity contribution is 6.34. The summed E-state index contributed by atoms with van der Waals surface area (Å²) in [6, 6.07) is 8.92. The van der Waals surface area contributed by atoms with Gasteiger partial charge in [-0.15, -0.1) is 0 Å². The monoisotopic (exact) mass is 309 g/mol. The van der Waals surface area contributed by atoms with Gasteiger partial charge in [0.2, 0.25) is 0 Å². The van der Waals surface area contributed by atoms with Crippen LogP contribution < -0.4 is 5.32 Å². The summed E-state index contributed by atoms with van der Waals surface area (Å²) in [5, 5.41) is 2.47. The number of carbonyl (C=O) groups excluding carboxylic acids is 1. The molecule has 0 spiro atoms. The number of aryl methyl sites for hydroxylation is 1. The van der Waals surface area contributed by atoms with Gasteiger partial charge in [0.25, 0.3) is 5.91 Å². The summed E-state index contributed by atoms with van der Waals surface area (Å²) < 4.78 is 26.2. The van der Waals surface area contributed by atoms with Crippen molar-refractivity contribution in [3.8, 4) is 0 Å². The van der Waals surface area contributed by atoms with Crippen LogP contribution in [0.4, 0.5) is 14.5 Å². The number of carbonyl (C=O) groups is 1. The van der Waals surface area contributed by atoms with Crippen LogP contribution in [0.2, 0.25) is 5.02 Å². The highest BCUT2D eigenvalue weighted by atomic mass is 35.5. The molecule has 0 fully saturated rings. The quantitative estimate of drug-likeness (QED) is 0.806. The molecule has 2 nitrogen and oxygen atoms in total. The molecule has 5 heteroatoms. The first-order chi connectivity index (χ1) is 10.0. The van der Waals surface area contributed by atoms with Crippen molar-refractivity contribution in [1.29, 1.82) is 0 Å². The zero-order valence-electron chi connectivity index (χ0n) is 11.4. The summed E-state index contributed by atoms with van der Waals surface area (Å²) in [5.41, 5.74) is 1.63. The van der Waals surface area contributed by atoms with Crippen molar-refractivity contribution in [2.24, 2.45) is 0 Å². The largest absolute Gasteiger partial charge is 0.322 e. The van der Waals surface area contributed by atoms with Gasteiger partial charge in [-0.05, 0) is 36.2 Å². The van der Waals surface area contributed by atoms with Gasteiger partial charge in [0.1, 0.15) is 0 Å². The molecular formula is C16H14ClF2NO. The van der Waals surface area contributed by atoms with Crippen molar-refractivity contribution in [1.82, 2.24) is 0 Å².